The smallest absolute Gasteiger partial charge is 0.262 e. The summed E-state index contributed by atoms with van der Waals surface area (Å²) in [6.45, 7) is 2.54. The Morgan fingerprint density at radius 2 is 2.17 bits per heavy atom. The van der Waals surface area contributed by atoms with Crippen molar-refractivity contribution in [1.82, 2.24) is 14.5 Å². The van der Waals surface area contributed by atoms with E-state index < -0.39 is 0 Å². The summed E-state index contributed by atoms with van der Waals surface area (Å²) in [5.41, 5.74) is 0.355. The first kappa shape index (κ1) is 18.8. The lowest BCUT2D eigenvalue weighted by Gasteiger charge is -2.18. The van der Waals surface area contributed by atoms with Gasteiger partial charge in [0.1, 0.15) is 0 Å². The van der Waals surface area contributed by atoms with Crippen LogP contribution in [-0.2, 0) is 16.1 Å². The molecule has 2 rings (SSSR count). The van der Waals surface area contributed by atoms with Gasteiger partial charge >= 0.3 is 0 Å². The minimum atomic E-state index is -0.364. The highest BCUT2D eigenvalue weighted by Crippen LogP contribution is 2.24. The Hall–Kier alpha value is -1.57. The maximum Gasteiger partial charge on any atom is 0.262 e. The Morgan fingerprint density at radius 3 is 2.79 bits per heavy atom. The molecule has 2 aromatic rings. The predicted molar refractivity (Wildman–Crippen MR) is 96.9 cm³/mol. The summed E-state index contributed by atoms with van der Waals surface area (Å²) in [7, 11) is 4.97. The Balaban J connectivity index is 2.52. The van der Waals surface area contributed by atoms with Crippen molar-refractivity contribution in [2.75, 3.05) is 27.8 Å². The van der Waals surface area contributed by atoms with E-state index in [-0.39, 0.29) is 16.7 Å². The van der Waals surface area contributed by atoms with Crippen molar-refractivity contribution in [3.63, 3.8) is 0 Å². The van der Waals surface area contributed by atoms with E-state index in [2.05, 4.69) is 4.98 Å². The topological polar surface area (TPSA) is 64.4 Å². The van der Waals surface area contributed by atoms with E-state index in [1.54, 1.807) is 50.9 Å². The van der Waals surface area contributed by atoms with Crippen molar-refractivity contribution in [1.29, 1.82) is 0 Å². The number of hydrogen-bond donors (Lipinski definition) is 0. The third-order valence-corrected chi connectivity index (χ3v) is 4.78. The van der Waals surface area contributed by atoms with Gasteiger partial charge in [0, 0.05) is 26.2 Å². The summed E-state index contributed by atoms with van der Waals surface area (Å²) in [5.74, 6) is -0.0428. The number of benzene rings is 1. The second kappa shape index (κ2) is 8.00. The second-order valence-electron chi connectivity index (χ2n) is 5.50. The van der Waals surface area contributed by atoms with Crippen LogP contribution >= 0.6 is 23.4 Å². The standard InChI is InChI=1S/C16H20ClN3O3S/c1-10(14(21)19(2)3)24-16-18-13-9-11(17)5-6-12(13)15(22)20(16)7-8-23-4/h5-6,9-10H,7-8H2,1-4H3. The second-order valence-corrected chi connectivity index (χ2v) is 7.24. The number of ether oxygens (including phenoxy) is 1. The Bertz CT molecular complexity index is 807. The van der Waals surface area contributed by atoms with Crippen LogP contribution in [0.4, 0.5) is 0 Å². The van der Waals surface area contributed by atoms with Gasteiger partial charge in [-0.3, -0.25) is 14.2 Å². The number of rotatable bonds is 6. The van der Waals surface area contributed by atoms with Crippen molar-refractivity contribution in [3.05, 3.63) is 33.6 Å². The number of carbonyl (C=O) groups is 1. The average molecular weight is 370 g/mol. The number of amides is 1. The highest BCUT2D eigenvalue weighted by Gasteiger charge is 2.20. The molecule has 0 aliphatic rings. The van der Waals surface area contributed by atoms with Crippen molar-refractivity contribution in [2.24, 2.45) is 0 Å². The van der Waals surface area contributed by atoms with Crippen LogP contribution in [0, 0.1) is 0 Å². The van der Waals surface area contributed by atoms with Crippen LogP contribution in [0.3, 0.4) is 0 Å². The van der Waals surface area contributed by atoms with Gasteiger partial charge in [0.05, 0.1) is 29.3 Å². The van der Waals surface area contributed by atoms with E-state index in [1.165, 1.54) is 16.7 Å². The highest BCUT2D eigenvalue weighted by atomic mass is 35.5. The summed E-state index contributed by atoms with van der Waals surface area (Å²) < 4.78 is 6.63. The number of thioether (sulfide) groups is 1. The van der Waals surface area contributed by atoms with Crippen LogP contribution in [0.1, 0.15) is 6.92 Å². The number of fused-ring (bicyclic) bond motifs is 1. The molecule has 0 saturated heterocycles. The summed E-state index contributed by atoms with van der Waals surface area (Å²) >= 11 is 7.26. The Labute approximate surface area is 149 Å². The van der Waals surface area contributed by atoms with Gasteiger partial charge in [-0.25, -0.2) is 4.98 Å². The lowest BCUT2D eigenvalue weighted by Crippen LogP contribution is -2.31. The normalized spacial score (nSPS) is 12.4. The quantitative estimate of drug-likeness (QED) is 0.577. The number of nitrogens with zero attached hydrogens (tertiary/aromatic N) is 3. The van der Waals surface area contributed by atoms with E-state index in [4.69, 9.17) is 16.3 Å². The largest absolute Gasteiger partial charge is 0.383 e. The minimum Gasteiger partial charge on any atom is -0.383 e. The molecule has 0 bridgehead atoms. The molecular formula is C16H20ClN3O3S. The average Bonchev–Trinajstić information content (AvgIpc) is 2.53. The van der Waals surface area contributed by atoms with Crippen LogP contribution in [0.15, 0.2) is 28.2 Å². The van der Waals surface area contributed by atoms with Crippen molar-refractivity contribution >= 4 is 40.2 Å². The van der Waals surface area contributed by atoms with Crippen LogP contribution in [0.2, 0.25) is 5.02 Å². The molecule has 6 nitrogen and oxygen atoms in total. The number of hydrogen-bond acceptors (Lipinski definition) is 5. The zero-order valence-electron chi connectivity index (χ0n) is 14.1. The van der Waals surface area contributed by atoms with Crippen LogP contribution in [0.5, 0.6) is 0 Å². The Kier molecular flexibility index (Phi) is 6.26. The van der Waals surface area contributed by atoms with E-state index >= 15 is 0 Å². The van der Waals surface area contributed by atoms with Crippen LogP contribution in [-0.4, -0.2) is 53.4 Å². The predicted octanol–water partition coefficient (Wildman–Crippen LogP) is 2.27. The van der Waals surface area contributed by atoms with Gasteiger partial charge in [-0.05, 0) is 25.1 Å². The van der Waals surface area contributed by atoms with Gasteiger partial charge in [-0.2, -0.15) is 0 Å². The van der Waals surface area contributed by atoms with Gasteiger partial charge in [0.15, 0.2) is 5.16 Å². The first-order valence-corrected chi connectivity index (χ1v) is 8.67. The fourth-order valence-electron chi connectivity index (χ4n) is 2.22. The van der Waals surface area contributed by atoms with Crippen LogP contribution in [0.25, 0.3) is 10.9 Å². The summed E-state index contributed by atoms with van der Waals surface area (Å²) in [6.07, 6.45) is 0. The van der Waals surface area contributed by atoms with Gasteiger partial charge in [0.25, 0.3) is 5.56 Å². The van der Waals surface area contributed by atoms with Crippen molar-refractivity contribution in [2.45, 2.75) is 23.9 Å². The first-order valence-electron chi connectivity index (χ1n) is 7.42. The van der Waals surface area contributed by atoms with Crippen molar-refractivity contribution in [3.8, 4) is 0 Å². The number of aromatic nitrogens is 2. The highest BCUT2D eigenvalue weighted by molar-refractivity contribution is 8.00. The third kappa shape index (κ3) is 4.09. The van der Waals surface area contributed by atoms with Gasteiger partial charge in [-0.15, -0.1) is 0 Å². The molecule has 1 aromatic carbocycles. The molecule has 130 valence electrons. The molecule has 0 radical (unpaired) electrons. The summed E-state index contributed by atoms with van der Waals surface area (Å²) in [4.78, 5) is 31.0. The third-order valence-electron chi connectivity index (χ3n) is 3.47. The monoisotopic (exact) mass is 369 g/mol. The van der Waals surface area contributed by atoms with Gasteiger partial charge in [-0.1, -0.05) is 23.4 Å². The molecule has 0 aliphatic heterocycles. The molecule has 0 N–H and O–H groups in total. The molecule has 0 aliphatic carbocycles. The molecule has 8 heteroatoms. The molecule has 24 heavy (non-hydrogen) atoms. The molecule has 0 saturated carbocycles. The SMILES string of the molecule is COCCn1c(SC(C)C(=O)N(C)C)nc2cc(Cl)ccc2c1=O. The zero-order chi connectivity index (χ0) is 17.9. The van der Waals surface area contributed by atoms with Gasteiger partial charge in [0.2, 0.25) is 5.91 Å². The molecule has 0 spiro atoms. The maximum absolute atomic E-state index is 12.8. The number of carbonyl (C=O) groups excluding carboxylic acids is 1. The molecule has 1 amide bonds. The van der Waals surface area contributed by atoms with E-state index in [1.807, 2.05) is 0 Å². The minimum absolute atomic E-state index is 0.0428. The fourth-order valence-corrected chi connectivity index (χ4v) is 3.46. The molecule has 1 atom stereocenters. The zero-order valence-corrected chi connectivity index (χ0v) is 15.6. The molecule has 1 heterocycles. The van der Waals surface area contributed by atoms with Crippen LogP contribution < -0.4 is 5.56 Å². The number of halogens is 1. The number of methoxy groups -OCH3 is 1. The summed E-state index contributed by atoms with van der Waals surface area (Å²) in [5, 5.41) is 1.12. The Morgan fingerprint density at radius 1 is 1.46 bits per heavy atom. The molecule has 0 fully saturated rings. The summed E-state index contributed by atoms with van der Waals surface area (Å²) in [6, 6.07) is 4.99. The maximum atomic E-state index is 12.8. The molecular weight excluding hydrogens is 350 g/mol. The fraction of sp³-hybridized carbons (Fsp3) is 0.438. The first-order chi connectivity index (χ1) is 11.3. The van der Waals surface area contributed by atoms with Crippen molar-refractivity contribution < 1.29 is 9.53 Å². The van der Waals surface area contributed by atoms with Gasteiger partial charge < -0.3 is 9.64 Å². The lowest BCUT2D eigenvalue weighted by atomic mass is 10.2. The van der Waals surface area contributed by atoms with E-state index in [9.17, 15) is 9.59 Å². The lowest BCUT2D eigenvalue weighted by molar-refractivity contribution is -0.127. The molecule has 1 unspecified atom stereocenters. The molecule has 1 aromatic heterocycles. The van der Waals surface area contributed by atoms with E-state index in [0.717, 1.165) is 0 Å². The van der Waals surface area contributed by atoms with E-state index in [0.29, 0.717) is 34.2 Å².